The highest BCUT2D eigenvalue weighted by Gasteiger charge is 2.34. The number of carbonyl (C=O) groups excluding carboxylic acids is 1. The third-order valence-corrected chi connectivity index (χ3v) is 5.24. The number of likely N-dealkylation sites (N-methyl/N-ethyl adjacent to an activating group) is 1. The number of nitrogens with one attached hydrogen (secondary N) is 1. The van der Waals surface area contributed by atoms with E-state index in [1.165, 1.54) is 12.1 Å². The van der Waals surface area contributed by atoms with Crippen LogP contribution in [0.4, 0.5) is 18.9 Å². The van der Waals surface area contributed by atoms with Gasteiger partial charge < -0.3 is 10.2 Å². The van der Waals surface area contributed by atoms with Crippen LogP contribution in [0.5, 0.6) is 0 Å². The Morgan fingerprint density at radius 2 is 1.83 bits per heavy atom. The molecule has 0 bridgehead atoms. The van der Waals surface area contributed by atoms with E-state index in [0.717, 1.165) is 24.7 Å². The minimum atomic E-state index is -4.52. The molecule has 1 heterocycles. The number of anilines is 1. The van der Waals surface area contributed by atoms with E-state index >= 15 is 0 Å². The van der Waals surface area contributed by atoms with Gasteiger partial charge in [-0.15, -0.1) is 6.42 Å². The highest BCUT2D eigenvalue weighted by Crippen LogP contribution is 2.34. The summed E-state index contributed by atoms with van der Waals surface area (Å²) in [6.07, 6.45) is 0.945. The third-order valence-electron chi connectivity index (χ3n) is 5.24. The summed E-state index contributed by atoms with van der Waals surface area (Å²) in [5.74, 6) is 1.91. The maximum atomic E-state index is 13.7. The minimum absolute atomic E-state index is 0.0815. The van der Waals surface area contributed by atoms with Crippen LogP contribution < -0.4 is 5.32 Å². The van der Waals surface area contributed by atoms with Crippen LogP contribution in [0.15, 0.2) is 36.4 Å². The summed E-state index contributed by atoms with van der Waals surface area (Å²) in [4.78, 5) is 16.8. The molecule has 1 N–H and O–H groups in total. The first-order valence-corrected chi connectivity index (χ1v) is 9.67. The normalized spacial score (nSPS) is 15.6. The van der Waals surface area contributed by atoms with Crippen LogP contribution in [0.25, 0.3) is 0 Å². The van der Waals surface area contributed by atoms with Crippen molar-refractivity contribution in [1.29, 1.82) is 0 Å². The quantitative estimate of drug-likeness (QED) is 0.767. The molecule has 0 saturated carbocycles. The molecule has 0 atom stereocenters. The Balaban J connectivity index is 1.83. The van der Waals surface area contributed by atoms with Crippen LogP contribution >= 0.6 is 0 Å². The van der Waals surface area contributed by atoms with Crippen molar-refractivity contribution in [2.75, 3.05) is 38.5 Å². The number of nitrogens with zero attached hydrogens (tertiary/aromatic N) is 2. The SMILES string of the molecule is C#Cc1cc(C)ccc1C(=O)Nc1ccc(CN2CCN(C)CC2)c(C(F)(F)F)c1. The highest BCUT2D eigenvalue weighted by molar-refractivity contribution is 6.06. The second-order valence-corrected chi connectivity index (χ2v) is 7.60. The van der Waals surface area contributed by atoms with E-state index < -0.39 is 17.6 Å². The number of benzene rings is 2. The zero-order valence-electron chi connectivity index (χ0n) is 17.0. The van der Waals surface area contributed by atoms with Gasteiger partial charge in [-0.3, -0.25) is 9.69 Å². The Labute approximate surface area is 174 Å². The lowest BCUT2D eigenvalue weighted by atomic mass is 10.0. The molecule has 0 aliphatic carbocycles. The lowest BCUT2D eigenvalue weighted by Crippen LogP contribution is -2.44. The first-order chi connectivity index (χ1) is 14.2. The summed E-state index contributed by atoms with van der Waals surface area (Å²) in [6, 6.07) is 8.93. The molecule has 1 saturated heterocycles. The van der Waals surface area contributed by atoms with Crippen molar-refractivity contribution in [3.05, 3.63) is 64.2 Å². The fourth-order valence-corrected chi connectivity index (χ4v) is 3.48. The summed E-state index contributed by atoms with van der Waals surface area (Å²) in [6.45, 7) is 5.14. The molecular formula is C23H24F3N3O. The van der Waals surface area contributed by atoms with Gasteiger partial charge in [-0.05, 0) is 49.4 Å². The molecular weight excluding hydrogens is 391 g/mol. The molecule has 0 unspecified atom stereocenters. The summed E-state index contributed by atoms with van der Waals surface area (Å²) < 4.78 is 41.1. The Kier molecular flexibility index (Phi) is 6.49. The summed E-state index contributed by atoms with van der Waals surface area (Å²) in [5, 5.41) is 2.55. The number of alkyl halides is 3. The Hall–Kier alpha value is -2.82. The Morgan fingerprint density at radius 3 is 2.47 bits per heavy atom. The third kappa shape index (κ3) is 5.21. The molecule has 0 radical (unpaired) electrons. The summed E-state index contributed by atoms with van der Waals surface area (Å²) in [5.41, 5.74) is 1.09. The number of piperazine rings is 1. The number of carbonyl (C=O) groups is 1. The number of hydrogen-bond acceptors (Lipinski definition) is 3. The average Bonchev–Trinajstić information content (AvgIpc) is 2.69. The van der Waals surface area contributed by atoms with E-state index in [9.17, 15) is 18.0 Å². The van der Waals surface area contributed by atoms with E-state index in [1.54, 1.807) is 18.2 Å². The molecule has 1 aliphatic heterocycles. The van der Waals surface area contributed by atoms with Gasteiger partial charge in [0.2, 0.25) is 0 Å². The van der Waals surface area contributed by atoms with E-state index in [4.69, 9.17) is 6.42 Å². The van der Waals surface area contributed by atoms with Crippen molar-refractivity contribution < 1.29 is 18.0 Å². The Morgan fingerprint density at radius 1 is 1.13 bits per heavy atom. The van der Waals surface area contributed by atoms with Gasteiger partial charge in [-0.2, -0.15) is 13.2 Å². The van der Waals surface area contributed by atoms with Gasteiger partial charge in [0.15, 0.2) is 0 Å². The van der Waals surface area contributed by atoms with E-state index in [2.05, 4.69) is 16.1 Å². The van der Waals surface area contributed by atoms with Crippen LogP contribution in [0.1, 0.15) is 32.6 Å². The molecule has 0 spiro atoms. The number of hydrogen-bond donors (Lipinski definition) is 1. The van der Waals surface area contributed by atoms with Gasteiger partial charge in [0.25, 0.3) is 5.91 Å². The van der Waals surface area contributed by atoms with Crippen LogP contribution in [-0.2, 0) is 12.7 Å². The molecule has 1 amide bonds. The molecule has 158 valence electrons. The molecule has 0 aromatic heterocycles. The van der Waals surface area contributed by atoms with Crippen molar-refractivity contribution in [3.63, 3.8) is 0 Å². The van der Waals surface area contributed by atoms with E-state index in [1.807, 2.05) is 18.9 Å². The van der Waals surface area contributed by atoms with Gasteiger partial charge >= 0.3 is 6.18 Å². The van der Waals surface area contributed by atoms with Crippen molar-refractivity contribution in [3.8, 4) is 12.3 Å². The van der Waals surface area contributed by atoms with Crippen LogP contribution in [0.3, 0.4) is 0 Å². The lowest BCUT2D eigenvalue weighted by molar-refractivity contribution is -0.138. The summed E-state index contributed by atoms with van der Waals surface area (Å²) in [7, 11) is 2.00. The number of halogens is 3. The predicted molar refractivity (Wildman–Crippen MR) is 111 cm³/mol. The van der Waals surface area contributed by atoms with Gasteiger partial charge in [0.05, 0.1) is 11.1 Å². The van der Waals surface area contributed by atoms with E-state index in [0.29, 0.717) is 18.7 Å². The second-order valence-electron chi connectivity index (χ2n) is 7.60. The fourth-order valence-electron chi connectivity index (χ4n) is 3.48. The fraction of sp³-hybridized carbons (Fsp3) is 0.348. The monoisotopic (exact) mass is 415 g/mol. The zero-order valence-corrected chi connectivity index (χ0v) is 17.0. The van der Waals surface area contributed by atoms with Crippen molar-refractivity contribution in [2.45, 2.75) is 19.6 Å². The number of aryl methyl sites for hydroxylation is 1. The molecule has 2 aromatic carbocycles. The highest BCUT2D eigenvalue weighted by atomic mass is 19.4. The Bertz CT molecular complexity index is 971. The molecule has 3 rings (SSSR count). The number of amides is 1. The van der Waals surface area contributed by atoms with Crippen molar-refractivity contribution >= 4 is 11.6 Å². The number of terminal acetylenes is 1. The van der Waals surface area contributed by atoms with E-state index in [-0.39, 0.29) is 23.4 Å². The first kappa shape index (κ1) is 21.9. The van der Waals surface area contributed by atoms with Gasteiger partial charge in [0, 0.05) is 44.0 Å². The molecule has 4 nitrogen and oxygen atoms in total. The maximum absolute atomic E-state index is 13.7. The van der Waals surface area contributed by atoms with Crippen molar-refractivity contribution in [1.82, 2.24) is 9.80 Å². The number of rotatable bonds is 4. The first-order valence-electron chi connectivity index (χ1n) is 9.67. The van der Waals surface area contributed by atoms with Gasteiger partial charge in [-0.25, -0.2) is 0 Å². The van der Waals surface area contributed by atoms with Crippen molar-refractivity contribution in [2.24, 2.45) is 0 Å². The maximum Gasteiger partial charge on any atom is 0.416 e. The second kappa shape index (κ2) is 8.90. The summed E-state index contributed by atoms with van der Waals surface area (Å²) >= 11 is 0. The lowest BCUT2D eigenvalue weighted by Gasteiger charge is -2.33. The van der Waals surface area contributed by atoms with Crippen LogP contribution in [-0.4, -0.2) is 48.9 Å². The van der Waals surface area contributed by atoms with Gasteiger partial charge in [0.1, 0.15) is 0 Å². The molecule has 1 fully saturated rings. The predicted octanol–water partition coefficient (Wildman–Crippen LogP) is 3.99. The molecule has 2 aromatic rings. The molecule has 1 aliphatic rings. The van der Waals surface area contributed by atoms with Crippen LogP contribution in [0.2, 0.25) is 0 Å². The smallest absolute Gasteiger partial charge is 0.322 e. The molecule has 7 heteroatoms. The standard InChI is InChI=1S/C23H24F3N3O/c1-4-17-13-16(2)5-8-20(17)22(30)27-19-7-6-18(21(14-19)23(24,25)26)15-29-11-9-28(3)10-12-29/h1,5-8,13-14H,9-12,15H2,2-3H3,(H,27,30). The average molecular weight is 415 g/mol. The van der Waals surface area contributed by atoms with Crippen LogP contribution in [0, 0.1) is 19.3 Å². The molecule has 30 heavy (non-hydrogen) atoms. The largest absolute Gasteiger partial charge is 0.416 e. The van der Waals surface area contributed by atoms with Gasteiger partial charge in [-0.1, -0.05) is 18.1 Å². The minimum Gasteiger partial charge on any atom is -0.322 e. The topological polar surface area (TPSA) is 35.6 Å². The zero-order chi connectivity index (χ0) is 21.9.